The third-order valence-corrected chi connectivity index (χ3v) is 2.05. The van der Waals surface area contributed by atoms with E-state index in [1.165, 1.54) is 4.90 Å². The molecule has 0 saturated carbocycles. The molecule has 1 saturated heterocycles. The lowest BCUT2D eigenvalue weighted by Crippen LogP contribution is -2.53. The van der Waals surface area contributed by atoms with E-state index < -0.39 is 5.97 Å². The first-order valence-corrected chi connectivity index (χ1v) is 4.95. The molecule has 86 valence electrons. The van der Waals surface area contributed by atoms with Crippen LogP contribution in [0, 0.1) is 0 Å². The molecule has 0 bridgehead atoms. The molecule has 6 nitrogen and oxygen atoms in total. The normalized spacial score (nSPS) is 20.7. The number of carbonyl (C=O) groups excluding carboxylic acids is 2. The lowest BCUT2D eigenvalue weighted by Gasteiger charge is -2.31. The molecule has 0 aliphatic carbocycles. The van der Waals surface area contributed by atoms with Gasteiger partial charge in [0.25, 0.3) is 0 Å². The summed E-state index contributed by atoms with van der Waals surface area (Å²) >= 11 is 0. The standard InChI is InChI=1S/C9H16N2O4/c1-2-15-9(13)5-11(7-12)8-6-14-4-3-10-8/h7-8,10H,2-6H2,1H3/t8-/m0/s1. The Bertz CT molecular complexity index is 216. The lowest BCUT2D eigenvalue weighted by atomic mass is 10.4. The molecular formula is C9H16N2O4. The van der Waals surface area contributed by atoms with Crippen LogP contribution in [0.5, 0.6) is 0 Å². The monoisotopic (exact) mass is 216 g/mol. The summed E-state index contributed by atoms with van der Waals surface area (Å²) < 4.78 is 9.95. The predicted molar refractivity (Wildman–Crippen MR) is 52.0 cm³/mol. The van der Waals surface area contributed by atoms with Crippen LogP contribution in [0.3, 0.4) is 0 Å². The molecule has 0 spiro atoms. The van der Waals surface area contributed by atoms with Gasteiger partial charge in [0.15, 0.2) is 0 Å². The van der Waals surface area contributed by atoms with Crippen molar-refractivity contribution in [2.24, 2.45) is 0 Å². The minimum atomic E-state index is -0.406. The maximum absolute atomic E-state index is 11.2. The third kappa shape index (κ3) is 3.85. The van der Waals surface area contributed by atoms with Crippen molar-refractivity contribution in [3.8, 4) is 0 Å². The van der Waals surface area contributed by atoms with Gasteiger partial charge in [0, 0.05) is 6.54 Å². The summed E-state index contributed by atoms with van der Waals surface area (Å²) in [7, 11) is 0. The smallest absolute Gasteiger partial charge is 0.325 e. The summed E-state index contributed by atoms with van der Waals surface area (Å²) in [4.78, 5) is 23.3. The number of amides is 1. The first-order chi connectivity index (χ1) is 7.27. The van der Waals surface area contributed by atoms with E-state index in [0.717, 1.165) is 0 Å². The van der Waals surface area contributed by atoms with Gasteiger partial charge in [-0.05, 0) is 6.92 Å². The quantitative estimate of drug-likeness (QED) is 0.469. The second-order valence-electron chi connectivity index (χ2n) is 3.13. The highest BCUT2D eigenvalue weighted by molar-refractivity contribution is 5.74. The van der Waals surface area contributed by atoms with Crippen LogP contribution in [0.4, 0.5) is 0 Å². The topological polar surface area (TPSA) is 67.9 Å². The van der Waals surface area contributed by atoms with Crippen molar-refractivity contribution in [1.29, 1.82) is 0 Å². The van der Waals surface area contributed by atoms with Gasteiger partial charge < -0.3 is 14.4 Å². The summed E-state index contributed by atoms with van der Waals surface area (Å²) in [5.41, 5.74) is 0. The van der Waals surface area contributed by atoms with E-state index in [9.17, 15) is 9.59 Å². The van der Waals surface area contributed by atoms with E-state index in [4.69, 9.17) is 9.47 Å². The van der Waals surface area contributed by atoms with Gasteiger partial charge in [-0.1, -0.05) is 0 Å². The van der Waals surface area contributed by atoms with Crippen LogP contribution in [0.1, 0.15) is 6.92 Å². The highest BCUT2D eigenvalue weighted by Gasteiger charge is 2.22. The molecule has 6 heteroatoms. The van der Waals surface area contributed by atoms with Crippen molar-refractivity contribution in [3.63, 3.8) is 0 Å². The van der Waals surface area contributed by atoms with Gasteiger partial charge in [0.2, 0.25) is 6.41 Å². The average molecular weight is 216 g/mol. The molecule has 0 unspecified atom stereocenters. The number of nitrogens with zero attached hydrogens (tertiary/aromatic N) is 1. The fourth-order valence-electron chi connectivity index (χ4n) is 1.34. The Morgan fingerprint density at radius 1 is 1.73 bits per heavy atom. The summed E-state index contributed by atoms with van der Waals surface area (Å²) in [5, 5.41) is 3.08. The Balaban J connectivity index is 2.39. The maximum Gasteiger partial charge on any atom is 0.325 e. The van der Waals surface area contributed by atoms with E-state index in [-0.39, 0.29) is 12.7 Å². The van der Waals surface area contributed by atoms with Crippen LogP contribution in [0.2, 0.25) is 0 Å². The molecule has 1 aliphatic heterocycles. The third-order valence-electron chi connectivity index (χ3n) is 2.05. The van der Waals surface area contributed by atoms with Crippen molar-refractivity contribution in [2.75, 3.05) is 32.9 Å². The molecule has 1 rings (SSSR count). The molecule has 1 fully saturated rings. The van der Waals surface area contributed by atoms with Crippen molar-refractivity contribution in [1.82, 2.24) is 10.2 Å². The maximum atomic E-state index is 11.2. The van der Waals surface area contributed by atoms with Crippen molar-refractivity contribution in [2.45, 2.75) is 13.1 Å². The highest BCUT2D eigenvalue weighted by atomic mass is 16.5. The zero-order valence-corrected chi connectivity index (χ0v) is 8.77. The Labute approximate surface area is 88.5 Å². The van der Waals surface area contributed by atoms with Gasteiger partial charge in [0.1, 0.15) is 12.7 Å². The van der Waals surface area contributed by atoms with E-state index in [1.54, 1.807) is 6.92 Å². The number of hydrogen-bond donors (Lipinski definition) is 1. The Morgan fingerprint density at radius 2 is 2.53 bits per heavy atom. The minimum absolute atomic E-state index is 0.0433. The van der Waals surface area contributed by atoms with Crippen LogP contribution in [-0.2, 0) is 19.1 Å². The first kappa shape index (κ1) is 11.9. The molecule has 15 heavy (non-hydrogen) atoms. The molecule has 1 N–H and O–H groups in total. The Kier molecular flexibility index (Phi) is 5.06. The molecule has 1 aliphatic rings. The molecule has 0 aromatic rings. The molecule has 1 heterocycles. The van der Waals surface area contributed by atoms with E-state index >= 15 is 0 Å². The summed E-state index contributed by atoms with van der Waals surface area (Å²) in [6, 6.07) is 0. The van der Waals surface area contributed by atoms with Crippen molar-refractivity contribution >= 4 is 12.4 Å². The zero-order valence-electron chi connectivity index (χ0n) is 8.77. The number of nitrogens with one attached hydrogen (secondary N) is 1. The number of esters is 1. The largest absolute Gasteiger partial charge is 0.465 e. The van der Waals surface area contributed by atoms with Gasteiger partial charge in [-0.3, -0.25) is 14.9 Å². The van der Waals surface area contributed by atoms with Crippen LogP contribution in [0.15, 0.2) is 0 Å². The predicted octanol–water partition coefficient (Wildman–Crippen LogP) is -1.05. The van der Waals surface area contributed by atoms with E-state index in [2.05, 4.69) is 5.32 Å². The SMILES string of the molecule is CCOC(=O)CN(C=O)[C@H]1COCCN1. The van der Waals surface area contributed by atoms with E-state index in [0.29, 0.717) is 32.8 Å². The van der Waals surface area contributed by atoms with Gasteiger partial charge in [-0.2, -0.15) is 0 Å². The van der Waals surface area contributed by atoms with Crippen molar-refractivity contribution < 1.29 is 19.1 Å². The highest BCUT2D eigenvalue weighted by Crippen LogP contribution is 1.99. The lowest BCUT2D eigenvalue weighted by molar-refractivity contribution is -0.148. The van der Waals surface area contributed by atoms with Gasteiger partial charge >= 0.3 is 5.97 Å². The number of rotatable bonds is 5. The first-order valence-electron chi connectivity index (χ1n) is 4.95. The van der Waals surface area contributed by atoms with Crippen LogP contribution in [-0.4, -0.2) is 56.4 Å². The summed E-state index contributed by atoms with van der Waals surface area (Å²) in [6.45, 7) is 3.71. The van der Waals surface area contributed by atoms with Gasteiger partial charge in [-0.25, -0.2) is 0 Å². The van der Waals surface area contributed by atoms with Gasteiger partial charge in [0.05, 0.1) is 19.8 Å². The van der Waals surface area contributed by atoms with Crippen LogP contribution >= 0.6 is 0 Å². The number of carbonyl (C=O) groups is 2. The fourth-order valence-corrected chi connectivity index (χ4v) is 1.34. The Hall–Kier alpha value is -1.14. The molecular weight excluding hydrogens is 200 g/mol. The number of ether oxygens (including phenoxy) is 2. The average Bonchev–Trinajstić information content (AvgIpc) is 2.27. The molecule has 0 radical (unpaired) electrons. The molecule has 1 atom stereocenters. The molecule has 0 aromatic heterocycles. The van der Waals surface area contributed by atoms with Crippen LogP contribution < -0.4 is 5.32 Å². The van der Waals surface area contributed by atoms with Crippen molar-refractivity contribution in [3.05, 3.63) is 0 Å². The molecule has 0 aromatic carbocycles. The summed E-state index contributed by atoms with van der Waals surface area (Å²) in [5.74, 6) is -0.406. The minimum Gasteiger partial charge on any atom is -0.465 e. The Morgan fingerprint density at radius 3 is 3.07 bits per heavy atom. The summed E-state index contributed by atoms with van der Waals surface area (Å²) in [6.07, 6.45) is 0.393. The van der Waals surface area contributed by atoms with Gasteiger partial charge in [-0.15, -0.1) is 0 Å². The second-order valence-corrected chi connectivity index (χ2v) is 3.13. The van der Waals surface area contributed by atoms with Crippen LogP contribution in [0.25, 0.3) is 0 Å². The second kappa shape index (κ2) is 6.36. The fraction of sp³-hybridized carbons (Fsp3) is 0.778. The van der Waals surface area contributed by atoms with E-state index in [1.807, 2.05) is 0 Å². The number of morpholine rings is 1. The zero-order chi connectivity index (χ0) is 11.1. The molecule has 1 amide bonds. The number of hydrogen-bond acceptors (Lipinski definition) is 5.